The molecule has 1 heterocycles. The van der Waals surface area contributed by atoms with Gasteiger partial charge in [0.1, 0.15) is 0 Å². The van der Waals surface area contributed by atoms with Gasteiger partial charge >= 0.3 is 5.97 Å². The quantitative estimate of drug-likeness (QED) is 0.919. The molecule has 16 heavy (non-hydrogen) atoms. The van der Waals surface area contributed by atoms with Crippen LogP contribution in [0, 0.1) is 0 Å². The fourth-order valence-corrected chi connectivity index (χ4v) is 2.45. The molecule has 0 spiro atoms. The topological polar surface area (TPSA) is 59.4 Å². The lowest BCUT2D eigenvalue weighted by Crippen LogP contribution is -2.35. The minimum Gasteiger partial charge on any atom is -0.479 e. The first-order valence-electron chi connectivity index (χ1n) is 4.97. The van der Waals surface area contributed by atoms with E-state index in [4.69, 9.17) is 9.84 Å². The van der Waals surface area contributed by atoms with Gasteiger partial charge < -0.3 is 9.84 Å². The molecule has 1 aliphatic carbocycles. The zero-order valence-corrected chi connectivity index (χ0v) is 10.4. The standard InChI is InChI=1S/C11H12BrNO3/c1-16-9(10(14)15)11(2-3-11)7-4-8(12)6-13-5-7/h4-6,9H,2-3H2,1H3,(H,14,15). The Hall–Kier alpha value is -0.940. The lowest BCUT2D eigenvalue weighted by Gasteiger charge is -2.22. The number of rotatable bonds is 4. The van der Waals surface area contributed by atoms with Crippen LogP contribution in [0.25, 0.3) is 0 Å². The van der Waals surface area contributed by atoms with Gasteiger partial charge in [0.25, 0.3) is 0 Å². The Morgan fingerprint density at radius 1 is 1.62 bits per heavy atom. The first-order chi connectivity index (χ1) is 7.60. The van der Waals surface area contributed by atoms with Crippen LogP contribution < -0.4 is 0 Å². The number of aromatic nitrogens is 1. The molecular formula is C11H12BrNO3. The first kappa shape index (κ1) is 11.5. The summed E-state index contributed by atoms with van der Waals surface area (Å²) in [6, 6.07) is 1.91. The Kier molecular flexibility index (Phi) is 2.99. The predicted molar refractivity (Wildman–Crippen MR) is 61.3 cm³/mol. The number of nitrogens with zero attached hydrogens (tertiary/aromatic N) is 1. The smallest absolute Gasteiger partial charge is 0.333 e. The molecule has 5 heteroatoms. The van der Waals surface area contributed by atoms with Crippen molar-refractivity contribution in [2.45, 2.75) is 24.4 Å². The Balaban J connectivity index is 2.35. The van der Waals surface area contributed by atoms with Gasteiger partial charge in [-0.1, -0.05) is 0 Å². The zero-order valence-electron chi connectivity index (χ0n) is 8.81. The molecule has 0 amide bonds. The zero-order chi connectivity index (χ0) is 11.8. The number of aliphatic carboxylic acids is 1. The van der Waals surface area contributed by atoms with Crippen LogP contribution in [0.3, 0.4) is 0 Å². The van der Waals surface area contributed by atoms with E-state index in [0.717, 1.165) is 22.9 Å². The third-order valence-electron chi connectivity index (χ3n) is 3.03. The van der Waals surface area contributed by atoms with E-state index in [0.29, 0.717) is 0 Å². The Morgan fingerprint density at radius 2 is 2.31 bits per heavy atom. The summed E-state index contributed by atoms with van der Waals surface area (Å²) in [5, 5.41) is 9.12. The maximum Gasteiger partial charge on any atom is 0.333 e. The van der Waals surface area contributed by atoms with E-state index in [1.165, 1.54) is 7.11 Å². The normalized spacial score (nSPS) is 19.1. The highest BCUT2D eigenvalue weighted by Crippen LogP contribution is 2.52. The highest BCUT2D eigenvalue weighted by Gasteiger charge is 2.54. The molecule has 0 saturated heterocycles. The van der Waals surface area contributed by atoms with Gasteiger partial charge in [0.05, 0.1) is 0 Å². The lowest BCUT2D eigenvalue weighted by molar-refractivity contribution is -0.150. The van der Waals surface area contributed by atoms with Gasteiger partial charge in [-0.15, -0.1) is 0 Å². The molecule has 1 aromatic rings. The third-order valence-corrected chi connectivity index (χ3v) is 3.46. The van der Waals surface area contributed by atoms with E-state index in [1.807, 2.05) is 6.07 Å². The van der Waals surface area contributed by atoms with Crippen LogP contribution in [0.1, 0.15) is 18.4 Å². The third kappa shape index (κ3) is 1.85. The second kappa shape index (κ2) is 4.14. The second-order valence-electron chi connectivity index (χ2n) is 4.00. The minimum atomic E-state index is -0.917. The number of carboxylic acids is 1. The first-order valence-corrected chi connectivity index (χ1v) is 5.76. The van der Waals surface area contributed by atoms with Gasteiger partial charge in [0.2, 0.25) is 0 Å². The van der Waals surface area contributed by atoms with Crippen LogP contribution in [0.4, 0.5) is 0 Å². The number of halogens is 1. The van der Waals surface area contributed by atoms with Gasteiger partial charge in [-0.05, 0) is 40.4 Å². The van der Waals surface area contributed by atoms with Crippen LogP contribution in [0.5, 0.6) is 0 Å². The van der Waals surface area contributed by atoms with Crippen molar-refractivity contribution in [1.82, 2.24) is 4.98 Å². The monoisotopic (exact) mass is 285 g/mol. The molecular weight excluding hydrogens is 274 g/mol. The predicted octanol–water partition coefficient (Wildman–Crippen LogP) is 1.98. The molecule has 1 unspecified atom stereocenters. The van der Waals surface area contributed by atoms with Crippen molar-refractivity contribution in [1.29, 1.82) is 0 Å². The van der Waals surface area contributed by atoms with E-state index >= 15 is 0 Å². The number of pyridine rings is 1. The number of methoxy groups -OCH3 is 1. The molecule has 1 N–H and O–H groups in total. The largest absolute Gasteiger partial charge is 0.479 e. The van der Waals surface area contributed by atoms with Gasteiger partial charge in [-0.3, -0.25) is 4.98 Å². The van der Waals surface area contributed by atoms with Gasteiger partial charge in [0.15, 0.2) is 6.10 Å². The molecule has 1 fully saturated rings. The second-order valence-corrected chi connectivity index (χ2v) is 4.92. The number of ether oxygens (including phenoxy) is 1. The van der Waals surface area contributed by atoms with E-state index in [1.54, 1.807) is 12.4 Å². The van der Waals surface area contributed by atoms with E-state index in [-0.39, 0.29) is 0 Å². The van der Waals surface area contributed by atoms with E-state index in [9.17, 15) is 4.79 Å². The molecule has 86 valence electrons. The van der Waals surface area contributed by atoms with Crippen molar-refractivity contribution in [2.75, 3.05) is 7.11 Å². The van der Waals surface area contributed by atoms with Gasteiger partial charge in [-0.2, -0.15) is 0 Å². The summed E-state index contributed by atoms with van der Waals surface area (Å²) in [6.45, 7) is 0. The molecule has 4 nitrogen and oxygen atoms in total. The molecule has 0 radical (unpaired) electrons. The maximum absolute atomic E-state index is 11.1. The molecule has 1 aliphatic rings. The number of carbonyl (C=O) groups is 1. The fourth-order valence-electron chi connectivity index (χ4n) is 2.08. The Labute approximate surface area is 102 Å². The summed E-state index contributed by atoms with van der Waals surface area (Å²) in [7, 11) is 1.43. The van der Waals surface area contributed by atoms with Crippen molar-refractivity contribution in [3.8, 4) is 0 Å². The molecule has 0 aromatic carbocycles. The summed E-state index contributed by atoms with van der Waals surface area (Å²) in [5.74, 6) is -0.917. The van der Waals surface area contributed by atoms with Crippen molar-refractivity contribution in [2.24, 2.45) is 0 Å². The number of hydrogen-bond donors (Lipinski definition) is 1. The van der Waals surface area contributed by atoms with Crippen LogP contribution in [0.2, 0.25) is 0 Å². The van der Waals surface area contributed by atoms with Crippen molar-refractivity contribution in [3.05, 3.63) is 28.5 Å². The average Bonchev–Trinajstić information content (AvgIpc) is 3.00. The molecule has 2 rings (SSSR count). The van der Waals surface area contributed by atoms with Gasteiger partial charge in [-0.25, -0.2) is 4.79 Å². The maximum atomic E-state index is 11.1. The highest BCUT2D eigenvalue weighted by molar-refractivity contribution is 9.10. The Morgan fingerprint density at radius 3 is 2.75 bits per heavy atom. The summed E-state index contributed by atoms with van der Waals surface area (Å²) in [6.07, 6.45) is 4.27. The number of hydrogen-bond acceptors (Lipinski definition) is 3. The van der Waals surface area contributed by atoms with Crippen LogP contribution in [-0.2, 0) is 14.9 Å². The van der Waals surface area contributed by atoms with Crippen LogP contribution in [0.15, 0.2) is 22.9 Å². The minimum absolute atomic E-state index is 0.392. The van der Waals surface area contributed by atoms with Crippen molar-refractivity contribution in [3.63, 3.8) is 0 Å². The van der Waals surface area contributed by atoms with E-state index in [2.05, 4.69) is 20.9 Å². The molecule has 1 atom stereocenters. The summed E-state index contributed by atoms with van der Waals surface area (Å²) in [5.41, 5.74) is 0.535. The number of carboxylic acid groups (broad SMARTS) is 1. The van der Waals surface area contributed by atoms with Crippen molar-refractivity contribution >= 4 is 21.9 Å². The highest BCUT2D eigenvalue weighted by atomic mass is 79.9. The molecule has 0 bridgehead atoms. The van der Waals surface area contributed by atoms with Crippen LogP contribution >= 0.6 is 15.9 Å². The van der Waals surface area contributed by atoms with E-state index < -0.39 is 17.5 Å². The fraction of sp³-hybridized carbons (Fsp3) is 0.455. The average molecular weight is 286 g/mol. The van der Waals surface area contributed by atoms with Crippen LogP contribution in [-0.4, -0.2) is 29.3 Å². The molecule has 1 saturated carbocycles. The summed E-state index contributed by atoms with van der Waals surface area (Å²) < 4.78 is 5.95. The molecule has 1 aromatic heterocycles. The summed E-state index contributed by atoms with van der Waals surface area (Å²) >= 11 is 3.34. The van der Waals surface area contributed by atoms with Crippen molar-refractivity contribution < 1.29 is 14.6 Å². The van der Waals surface area contributed by atoms with Gasteiger partial charge in [0, 0.05) is 29.4 Å². The lowest BCUT2D eigenvalue weighted by atomic mass is 9.91. The molecule has 0 aliphatic heterocycles. The Bertz CT molecular complexity index is 417. The summed E-state index contributed by atoms with van der Waals surface area (Å²) in [4.78, 5) is 15.2. The SMILES string of the molecule is COC(C(=O)O)C1(c2cncc(Br)c2)CC1.